The van der Waals surface area contributed by atoms with Crippen LogP contribution in [0.2, 0.25) is 0 Å². The van der Waals surface area contributed by atoms with Gasteiger partial charge in [-0.3, -0.25) is 0 Å². The molecule has 1 saturated heterocycles. The Labute approximate surface area is 146 Å². The quantitative estimate of drug-likeness (QED) is 0.761. The van der Waals surface area contributed by atoms with Crippen molar-refractivity contribution in [2.45, 2.75) is 30.2 Å². The molecule has 1 aliphatic rings. The van der Waals surface area contributed by atoms with Crippen LogP contribution in [0, 0.1) is 0 Å². The van der Waals surface area contributed by atoms with Gasteiger partial charge in [0.1, 0.15) is 0 Å². The Morgan fingerprint density at radius 1 is 1.20 bits per heavy atom. The molecule has 0 spiro atoms. The smallest absolute Gasteiger partial charge is 0.339 e. The van der Waals surface area contributed by atoms with Crippen LogP contribution in [-0.2, 0) is 19.5 Å². The summed E-state index contributed by atoms with van der Waals surface area (Å²) in [5, 5.41) is 0. The molecule has 9 heteroatoms. The zero-order chi connectivity index (χ0) is 18.6. The molecule has 1 fully saturated rings. The third kappa shape index (κ3) is 3.83. The average molecular weight is 370 g/mol. The molecule has 0 saturated carbocycles. The van der Waals surface area contributed by atoms with E-state index in [1.807, 2.05) is 0 Å². The summed E-state index contributed by atoms with van der Waals surface area (Å²) in [5.74, 6) is -1.49. The fourth-order valence-corrected chi connectivity index (χ4v) is 4.82. The predicted molar refractivity (Wildman–Crippen MR) is 89.7 cm³/mol. The van der Waals surface area contributed by atoms with Crippen molar-refractivity contribution in [3.8, 4) is 0 Å². The van der Waals surface area contributed by atoms with Crippen molar-refractivity contribution in [3.05, 3.63) is 29.3 Å². The van der Waals surface area contributed by atoms with E-state index in [2.05, 4.69) is 9.47 Å². The zero-order valence-corrected chi connectivity index (χ0v) is 15.0. The molecule has 0 bridgehead atoms. The zero-order valence-electron chi connectivity index (χ0n) is 14.2. The maximum atomic E-state index is 13.2. The van der Waals surface area contributed by atoms with Gasteiger partial charge in [0.2, 0.25) is 10.0 Å². The van der Waals surface area contributed by atoms with E-state index in [1.165, 1.54) is 23.5 Å². The Bertz CT molecular complexity index is 762. The lowest BCUT2D eigenvalue weighted by Gasteiger charge is -2.34. The Hall–Kier alpha value is -1.97. The number of esters is 2. The summed E-state index contributed by atoms with van der Waals surface area (Å²) in [6.45, 7) is 0.497. The molecule has 1 heterocycles. The number of ether oxygens (including phenoxy) is 2. The first kappa shape index (κ1) is 19.4. The van der Waals surface area contributed by atoms with Gasteiger partial charge >= 0.3 is 11.9 Å². The Morgan fingerprint density at radius 3 is 2.48 bits per heavy atom. The minimum Gasteiger partial charge on any atom is -0.465 e. The van der Waals surface area contributed by atoms with E-state index in [0.29, 0.717) is 19.4 Å². The van der Waals surface area contributed by atoms with E-state index in [1.54, 1.807) is 0 Å². The molecule has 1 aliphatic heterocycles. The molecule has 1 unspecified atom stereocenters. The van der Waals surface area contributed by atoms with Gasteiger partial charge in [-0.15, -0.1) is 0 Å². The number of rotatable bonds is 5. The molecular weight excluding hydrogens is 348 g/mol. The Balaban J connectivity index is 2.60. The molecule has 2 rings (SSSR count). The molecule has 0 aromatic heterocycles. The first-order valence-electron chi connectivity index (χ1n) is 7.89. The van der Waals surface area contributed by atoms with Crippen molar-refractivity contribution in [2.75, 3.05) is 27.3 Å². The lowest BCUT2D eigenvalue weighted by Crippen LogP contribution is -2.47. The van der Waals surface area contributed by atoms with E-state index < -0.39 is 22.0 Å². The second-order valence-corrected chi connectivity index (χ2v) is 7.55. The van der Waals surface area contributed by atoms with Gasteiger partial charge < -0.3 is 15.2 Å². The Morgan fingerprint density at radius 2 is 1.88 bits per heavy atom. The van der Waals surface area contributed by atoms with Gasteiger partial charge in [0, 0.05) is 19.1 Å². The first-order valence-corrected chi connectivity index (χ1v) is 9.33. The van der Waals surface area contributed by atoms with Gasteiger partial charge in [-0.25, -0.2) is 18.0 Å². The van der Waals surface area contributed by atoms with Gasteiger partial charge in [0.25, 0.3) is 0 Å². The third-order valence-electron chi connectivity index (χ3n) is 4.24. The number of carbonyl (C=O) groups is 2. The Kier molecular flexibility index (Phi) is 6.15. The van der Waals surface area contributed by atoms with Crippen molar-refractivity contribution in [2.24, 2.45) is 5.73 Å². The minimum atomic E-state index is -4.03. The fraction of sp³-hybridized carbons (Fsp3) is 0.500. The van der Waals surface area contributed by atoms with Gasteiger partial charge in [-0.1, -0.05) is 6.42 Å². The van der Waals surface area contributed by atoms with Crippen molar-refractivity contribution >= 4 is 22.0 Å². The van der Waals surface area contributed by atoms with Crippen LogP contribution in [0.25, 0.3) is 0 Å². The molecular formula is C16H22N2O6S. The maximum absolute atomic E-state index is 13.2. The summed E-state index contributed by atoms with van der Waals surface area (Å²) in [5.41, 5.74) is 5.63. The number of hydrogen-bond donors (Lipinski definition) is 1. The minimum absolute atomic E-state index is 0.0371. The highest BCUT2D eigenvalue weighted by Crippen LogP contribution is 2.28. The third-order valence-corrected chi connectivity index (χ3v) is 6.23. The molecule has 1 aromatic carbocycles. The van der Waals surface area contributed by atoms with Gasteiger partial charge in [0.05, 0.1) is 30.2 Å². The summed E-state index contributed by atoms with van der Waals surface area (Å²) >= 11 is 0. The molecule has 1 atom stereocenters. The van der Waals surface area contributed by atoms with E-state index >= 15 is 0 Å². The van der Waals surface area contributed by atoms with Crippen molar-refractivity contribution < 1.29 is 27.5 Å². The largest absolute Gasteiger partial charge is 0.465 e. The van der Waals surface area contributed by atoms with Gasteiger partial charge in [-0.2, -0.15) is 4.31 Å². The maximum Gasteiger partial charge on any atom is 0.339 e. The molecule has 0 radical (unpaired) electrons. The number of benzene rings is 1. The predicted octanol–water partition coefficient (Wildman–Crippen LogP) is 0.762. The SMILES string of the molecule is COC(=O)c1ccc(C(=O)OC)c(S(=O)(=O)N2CCCCC2CN)c1. The fourth-order valence-electron chi connectivity index (χ4n) is 2.91. The van der Waals surface area contributed by atoms with Crippen molar-refractivity contribution in [1.82, 2.24) is 4.31 Å². The molecule has 25 heavy (non-hydrogen) atoms. The van der Waals surface area contributed by atoms with E-state index in [-0.39, 0.29) is 28.6 Å². The van der Waals surface area contributed by atoms with Crippen molar-refractivity contribution in [1.29, 1.82) is 0 Å². The van der Waals surface area contributed by atoms with Crippen LogP contribution in [0.4, 0.5) is 0 Å². The number of methoxy groups -OCH3 is 2. The van der Waals surface area contributed by atoms with Crippen LogP contribution < -0.4 is 5.73 Å². The molecule has 8 nitrogen and oxygen atoms in total. The van der Waals surface area contributed by atoms with Crippen LogP contribution in [0.5, 0.6) is 0 Å². The lowest BCUT2D eigenvalue weighted by molar-refractivity contribution is 0.0583. The molecule has 138 valence electrons. The number of hydrogen-bond acceptors (Lipinski definition) is 7. The molecule has 0 amide bonds. The van der Waals surface area contributed by atoms with E-state index in [0.717, 1.165) is 19.6 Å². The normalized spacial score (nSPS) is 18.6. The van der Waals surface area contributed by atoms with E-state index in [4.69, 9.17) is 5.73 Å². The topological polar surface area (TPSA) is 116 Å². The number of nitrogens with two attached hydrogens (primary N) is 1. The number of carbonyl (C=O) groups excluding carboxylic acids is 2. The summed E-state index contributed by atoms with van der Waals surface area (Å²) in [6.07, 6.45) is 2.25. The highest BCUT2D eigenvalue weighted by molar-refractivity contribution is 7.89. The van der Waals surface area contributed by atoms with Crippen LogP contribution >= 0.6 is 0 Å². The first-order chi connectivity index (χ1) is 11.9. The number of nitrogens with zero attached hydrogens (tertiary/aromatic N) is 1. The second-order valence-electron chi connectivity index (χ2n) is 5.70. The summed E-state index contributed by atoms with van der Waals surface area (Å²) in [4.78, 5) is 23.5. The summed E-state index contributed by atoms with van der Waals surface area (Å²) in [6, 6.07) is 3.39. The second kappa shape index (κ2) is 7.94. The van der Waals surface area contributed by atoms with Crippen LogP contribution in [-0.4, -0.2) is 58.0 Å². The molecule has 1 aromatic rings. The molecule has 2 N–H and O–H groups in total. The van der Waals surface area contributed by atoms with Crippen LogP contribution in [0.3, 0.4) is 0 Å². The van der Waals surface area contributed by atoms with Crippen LogP contribution in [0.15, 0.2) is 23.1 Å². The number of sulfonamides is 1. The monoisotopic (exact) mass is 370 g/mol. The van der Waals surface area contributed by atoms with Crippen LogP contribution in [0.1, 0.15) is 40.0 Å². The average Bonchev–Trinajstić information content (AvgIpc) is 2.66. The van der Waals surface area contributed by atoms with Crippen molar-refractivity contribution in [3.63, 3.8) is 0 Å². The highest BCUT2D eigenvalue weighted by atomic mass is 32.2. The molecule has 0 aliphatic carbocycles. The lowest BCUT2D eigenvalue weighted by atomic mass is 10.1. The number of piperidine rings is 1. The van der Waals surface area contributed by atoms with E-state index in [9.17, 15) is 18.0 Å². The van der Waals surface area contributed by atoms with Gasteiger partial charge in [-0.05, 0) is 31.0 Å². The summed E-state index contributed by atoms with van der Waals surface area (Å²) in [7, 11) is -1.67. The van der Waals surface area contributed by atoms with Gasteiger partial charge in [0.15, 0.2) is 0 Å². The standard InChI is InChI=1S/C16H22N2O6S/c1-23-15(19)11-6-7-13(16(20)24-2)14(9-11)25(21,22)18-8-4-3-5-12(18)10-17/h6-7,9,12H,3-5,8,10,17H2,1-2H3. The summed E-state index contributed by atoms with van der Waals surface area (Å²) < 4.78 is 37.0. The highest BCUT2D eigenvalue weighted by Gasteiger charge is 2.36.